The van der Waals surface area contributed by atoms with Gasteiger partial charge in [0.15, 0.2) is 0 Å². The lowest BCUT2D eigenvalue weighted by Crippen LogP contribution is -2.16. The number of nitrogens with one attached hydrogen (secondary N) is 2. The second kappa shape index (κ2) is 7.07. The highest BCUT2D eigenvalue weighted by atomic mass is 35.5. The van der Waals surface area contributed by atoms with E-state index in [2.05, 4.69) is 15.7 Å². The highest BCUT2D eigenvalue weighted by molar-refractivity contribution is 6.31. The summed E-state index contributed by atoms with van der Waals surface area (Å²) in [7, 11) is 1.87. The van der Waals surface area contributed by atoms with Crippen LogP contribution in [0.15, 0.2) is 36.7 Å². The number of halogens is 1. The first-order valence-corrected chi connectivity index (χ1v) is 6.82. The predicted octanol–water partition coefficient (Wildman–Crippen LogP) is 2.46. The molecule has 0 bridgehead atoms. The standard InChI is InChI=1S/C14H17ClN4O/c1-16-7-2-4-14(20)18-12-10-11(15)5-6-13(12)19-9-3-8-17-19/h3,5-6,8-10,16H,2,4,7H2,1H3,(H,18,20). The van der Waals surface area contributed by atoms with Crippen LogP contribution in [0.4, 0.5) is 5.69 Å². The number of hydrogen-bond donors (Lipinski definition) is 2. The van der Waals surface area contributed by atoms with Gasteiger partial charge in [-0.05, 0) is 44.3 Å². The highest BCUT2D eigenvalue weighted by Gasteiger charge is 2.09. The molecule has 0 aliphatic rings. The first-order valence-electron chi connectivity index (χ1n) is 6.44. The SMILES string of the molecule is CNCCCC(=O)Nc1cc(Cl)ccc1-n1cccn1. The largest absolute Gasteiger partial charge is 0.324 e. The Kier molecular flexibility index (Phi) is 5.15. The summed E-state index contributed by atoms with van der Waals surface area (Å²) < 4.78 is 1.69. The number of amides is 1. The molecule has 0 radical (unpaired) electrons. The average molecular weight is 293 g/mol. The maximum atomic E-state index is 11.9. The van der Waals surface area contributed by atoms with Crippen LogP contribution >= 0.6 is 11.6 Å². The number of aromatic nitrogens is 2. The zero-order chi connectivity index (χ0) is 14.4. The van der Waals surface area contributed by atoms with Gasteiger partial charge in [0, 0.05) is 23.8 Å². The third-order valence-electron chi connectivity index (χ3n) is 2.81. The second-order valence-corrected chi connectivity index (χ2v) is 4.80. The molecular weight excluding hydrogens is 276 g/mol. The Labute approximate surface area is 122 Å². The number of rotatable bonds is 6. The summed E-state index contributed by atoms with van der Waals surface area (Å²) in [5.41, 5.74) is 1.46. The van der Waals surface area contributed by atoms with Crippen molar-refractivity contribution in [2.75, 3.05) is 18.9 Å². The Balaban J connectivity index is 2.14. The number of benzene rings is 1. The molecule has 0 spiro atoms. The van der Waals surface area contributed by atoms with Crippen LogP contribution in [0.1, 0.15) is 12.8 Å². The maximum Gasteiger partial charge on any atom is 0.224 e. The smallest absolute Gasteiger partial charge is 0.224 e. The lowest BCUT2D eigenvalue weighted by Gasteiger charge is -2.11. The summed E-state index contributed by atoms with van der Waals surface area (Å²) in [6, 6.07) is 7.16. The van der Waals surface area contributed by atoms with Gasteiger partial charge in [-0.1, -0.05) is 11.6 Å². The van der Waals surface area contributed by atoms with E-state index in [4.69, 9.17) is 11.6 Å². The molecule has 6 heteroatoms. The Morgan fingerprint density at radius 3 is 3.00 bits per heavy atom. The average Bonchev–Trinajstić information content (AvgIpc) is 2.93. The minimum atomic E-state index is -0.0316. The van der Waals surface area contributed by atoms with Crippen LogP contribution in [-0.4, -0.2) is 29.3 Å². The van der Waals surface area contributed by atoms with E-state index in [9.17, 15) is 4.79 Å². The molecule has 2 aromatic rings. The van der Waals surface area contributed by atoms with E-state index < -0.39 is 0 Å². The van der Waals surface area contributed by atoms with Crippen molar-refractivity contribution < 1.29 is 4.79 Å². The van der Waals surface area contributed by atoms with Crippen LogP contribution in [-0.2, 0) is 4.79 Å². The first kappa shape index (κ1) is 14.6. The summed E-state index contributed by atoms with van der Waals surface area (Å²) in [6.07, 6.45) is 4.76. The molecule has 0 aliphatic heterocycles. The van der Waals surface area contributed by atoms with Crippen LogP contribution < -0.4 is 10.6 Å². The van der Waals surface area contributed by atoms with Crippen LogP contribution in [0.5, 0.6) is 0 Å². The molecule has 1 aromatic heterocycles. The third-order valence-corrected chi connectivity index (χ3v) is 3.05. The van der Waals surface area contributed by atoms with Crippen LogP contribution in [0.2, 0.25) is 5.02 Å². The van der Waals surface area contributed by atoms with Crippen molar-refractivity contribution in [3.63, 3.8) is 0 Å². The molecule has 0 saturated carbocycles. The number of carbonyl (C=O) groups excluding carboxylic acids is 1. The quantitative estimate of drug-likeness (QED) is 0.804. The Bertz CT molecular complexity index is 569. The van der Waals surface area contributed by atoms with Crippen LogP contribution in [0.25, 0.3) is 5.69 Å². The second-order valence-electron chi connectivity index (χ2n) is 4.37. The van der Waals surface area contributed by atoms with Crippen molar-refractivity contribution in [2.24, 2.45) is 0 Å². The van der Waals surface area contributed by atoms with Gasteiger partial charge >= 0.3 is 0 Å². The lowest BCUT2D eigenvalue weighted by atomic mass is 10.2. The topological polar surface area (TPSA) is 59.0 Å². The lowest BCUT2D eigenvalue weighted by molar-refractivity contribution is -0.116. The summed E-state index contributed by atoms with van der Waals surface area (Å²) in [5.74, 6) is -0.0316. The molecule has 0 unspecified atom stereocenters. The van der Waals surface area contributed by atoms with Gasteiger partial charge < -0.3 is 10.6 Å². The van der Waals surface area contributed by atoms with E-state index in [1.165, 1.54) is 0 Å². The molecule has 5 nitrogen and oxygen atoms in total. The van der Waals surface area contributed by atoms with E-state index in [1.54, 1.807) is 23.0 Å². The Morgan fingerprint density at radius 1 is 1.45 bits per heavy atom. The molecule has 0 fully saturated rings. The molecule has 2 rings (SSSR count). The minimum absolute atomic E-state index is 0.0316. The zero-order valence-corrected chi connectivity index (χ0v) is 12.0. The van der Waals surface area contributed by atoms with E-state index in [0.29, 0.717) is 17.1 Å². The zero-order valence-electron chi connectivity index (χ0n) is 11.3. The Hall–Kier alpha value is -1.85. The van der Waals surface area contributed by atoms with Gasteiger partial charge in [0.2, 0.25) is 5.91 Å². The fourth-order valence-electron chi connectivity index (χ4n) is 1.86. The molecule has 1 aromatic carbocycles. The van der Waals surface area contributed by atoms with Crippen molar-refractivity contribution in [1.82, 2.24) is 15.1 Å². The first-order chi connectivity index (χ1) is 9.70. The fraction of sp³-hybridized carbons (Fsp3) is 0.286. The number of nitrogens with zero attached hydrogens (tertiary/aromatic N) is 2. The minimum Gasteiger partial charge on any atom is -0.324 e. The van der Waals surface area contributed by atoms with Gasteiger partial charge in [0.1, 0.15) is 0 Å². The van der Waals surface area contributed by atoms with Crippen molar-refractivity contribution in [3.05, 3.63) is 41.7 Å². The summed E-state index contributed by atoms with van der Waals surface area (Å²) in [4.78, 5) is 11.9. The highest BCUT2D eigenvalue weighted by Crippen LogP contribution is 2.24. The van der Waals surface area contributed by atoms with Gasteiger partial charge in [0.25, 0.3) is 0 Å². The normalized spacial score (nSPS) is 10.5. The van der Waals surface area contributed by atoms with Crippen molar-refractivity contribution in [1.29, 1.82) is 0 Å². The third kappa shape index (κ3) is 3.82. The summed E-state index contributed by atoms with van der Waals surface area (Å²) >= 11 is 6.00. The molecule has 0 aliphatic carbocycles. The molecule has 106 valence electrons. The number of anilines is 1. The molecule has 1 amide bonds. The van der Waals surface area contributed by atoms with E-state index in [1.807, 2.05) is 25.4 Å². The summed E-state index contributed by atoms with van der Waals surface area (Å²) in [6.45, 7) is 0.814. The van der Waals surface area contributed by atoms with E-state index in [0.717, 1.165) is 18.7 Å². The fourth-order valence-corrected chi connectivity index (χ4v) is 2.03. The monoisotopic (exact) mass is 292 g/mol. The molecule has 0 atom stereocenters. The Morgan fingerprint density at radius 2 is 2.30 bits per heavy atom. The molecular formula is C14H17ClN4O. The van der Waals surface area contributed by atoms with Gasteiger partial charge in [-0.15, -0.1) is 0 Å². The van der Waals surface area contributed by atoms with Crippen molar-refractivity contribution >= 4 is 23.2 Å². The van der Waals surface area contributed by atoms with Gasteiger partial charge in [-0.2, -0.15) is 5.10 Å². The number of hydrogen-bond acceptors (Lipinski definition) is 3. The van der Waals surface area contributed by atoms with Gasteiger partial charge in [-0.3, -0.25) is 4.79 Å². The summed E-state index contributed by atoms with van der Waals surface area (Å²) in [5, 5.41) is 10.6. The van der Waals surface area contributed by atoms with Gasteiger partial charge in [-0.25, -0.2) is 4.68 Å². The predicted molar refractivity (Wildman–Crippen MR) is 80.4 cm³/mol. The number of carbonyl (C=O) groups is 1. The van der Waals surface area contributed by atoms with E-state index >= 15 is 0 Å². The van der Waals surface area contributed by atoms with Crippen molar-refractivity contribution in [3.8, 4) is 5.69 Å². The van der Waals surface area contributed by atoms with E-state index in [-0.39, 0.29) is 5.91 Å². The molecule has 20 heavy (non-hydrogen) atoms. The van der Waals surface area contributed by atoms with Gasteiger partial charge in [0.05, 0.1) is 11.4 Å². The molecule has 1 heterocycles. The molecule has 2 N–H and O–H groups in total. The van der Waals surface area contributed by atoms with Crippen LogP contribution in [0, 0.1) is 0 Å². The maximum absolute atomic E-state index is 11.9. The van der Waals surface area contributed by atoms with Crippen LogP contribution in [0.3, 0.4) is 0 Å². The molecule has 0 saturated heterocycles. The van der Waals surface area contributed by atoms with Crippen molar-refractivity contribution in [2.45, 2.75) is 12.8 Å².